The Balaban J connectivity index is 1.76. The number of aliphatic hydroxyl groups is 6. The van der Waals surface area contributed by atoms with Gasteiger partial charge in [0.2, 0.25) is 6.29 Å². The number of hydrogen-bond acceptors (Lipinski definition) is 11. The molecule has 32 heavy (non-hydrogen) atoms. The standard InChI is InChI=1S/C21H34O11/c1-9(2)4-14(24)29-7-10-8-30-19(15-11(10)5-13(23)21(15,3)28)32-20-18(27)17(26)16(25)12(6-22)31-20/h8-9,11-13,15-20,22-23,25-28H,4-7H2,1-3H3/t11?,12-,13+,15?,16-,17+,18-,19?,20-,21?/m1/s1. The van der Waals surface area contributed by atoms with Gasteiger partial charge in [-0.25, -0.2) is 0 Å². The fourth-order valence-electron chi connectivity index (χ4n) is 4.55. The lowest BCUT2D eigenvalue weighted by molar-refractivity contribution is -0.347. The molecule has 4 unspecified atom stereocenters. The van der Waals surface area contributed by atoms with E-state index in [-0.39, 0.29) is 31.3 Å². The second-order valence-corrected chi connectivity index (χ2v) is 9.40. The lowest BCUT2D eigenvalue weighted by atomic mass is 9.81. The van der Waals surface area contributed by atoms with E-state index >= 15 is 0 Å². The van der Waals surface area contributed by atoms with Gasteiger partial charge in [0.15, 0.2) is 6.29 Å². The minimum Gasteiger partial charge on any atom is -0.472 e. The summed E-state index contributed by atoms with van der Waals surface area (Å²) in [5.74, 6) is -1.50. The maximum absolute atomic E-state index is 11.9. The third kappa shape index (κ3) is 4.95. The average Bonchev–Trinajstić information content (AvgIpc) is 2.96. The summed E-state index contributed by atoms with van der Waals surface area (Å²) in [4.78, 5) is 11.9. The molecule has 0 spiro atoms. The highest BCUT2D eigenvalue weighted by molar-refractivity contribution is 5.69. The number of fused-ring (bicyclic) bond motifs is 1. The third-order valence-electron chi connectivity index (χ3n) is 6.47. The summed E-state index contributed by atoms with van der Waals surface area (Å²) in [6, 6.07) is 0. The summed E-state index contributed by atoms with van der Waals surface area (Å²) < 4.78 is 22.0. The summed E-state index contributed by atoms with van der Waals surface area (Å²) in [7, 11) is 0. The summed E-state index contributed by atoms with van der Waals surface area (Å²) in [6.07, 6.45) is -8.00. The van der Waals surface area contributed by atoms with Crippen LogP contribution in [0.25, 0.3) is 0 Å². The fourth-order valence-corrected chi connectivity index (χ4v) is 4.55. The van der Waals surface area contributed by atoms with Crippen LogP contribution in [0, 0.1) is 17.8 Å². The van der Waals surface area contributed by atoms with Gasteiger partial charge in [-0.1, -0.05) is 13.8 Å². The van der Waals surface area contributed by atoms with Crippen LogP contribution in [-0.4, -0.2) is 98.5 Å². The number of carbonyl (C=O) groups excluding carboxylic acids is 1. The van der Waals surface area contributed by atoms with Crippen molar-refractivity contribution in [1.82, 2.24) is 0 Å². The first-order chi connectivity index (χ1) is 15.0. The zero-order valence-electron chi connectivity index (χ0n) is 18.4. The van der Waals surface area contributed by atoms with E-state index in [0.29, 0.717) is 5.57 Å². The molecule has 2 fully saturated rings. The fraction of sp³-hybridized carbons (Fsp3) is 0.857. The van der Waals surface area contributed by atoms with Crippen LogP contribution in [0.3, 0.4) is 0 Å². The van der Waals surface area contributed by atoms with Gasteiger partial charge in [-0.05, 0) is 19.3 Å². The normalized spacial score (nSPS) is 44.1. The molecule has 11 heteroatoms. The van der Waals surface area contributed by atoms with Gasteiger partial charge in [0, 0.05) is 17.9 Å². The zero-order chi connectivity index (χ0) is 23.8. The zero-order valence-corrected chi connectivity index (χ0v) is 18.4. The third-order valence-corrected chi connectivity index (χ3v) is 6.47. The first-order valence-corrected chi connectivity index (χ1v) is 10.8. The molecule has 11 nitrogen and oxygen atoms in total. The number of rotatable bonds is 7. The molecule has 3 rings (SSSR count). The Labute approximate surface area is 186 Å². The van der Waals surface area contributed by atoms with Gasteiger partial charge in [0.05, 0.1) is 30.5 Å². The number of hydrogen-bond donors (Lipinski definition) is 6. The molecule has 0 radical (unpaired) electrons. The Kier molecular flexibility index (Phi) is 7.83. The summed E-state index contributed by atoms with van der Waals surface area (Å²) in [6.45, 7) is 4.54. The van der Waals surface area contributed by atoms with Crippen LogP contribution in [0.5, 0.6) is 0 Å². The van der Waals surface area contributed by atoms with Crippen molar-refractivity contribution in [2.24, 2.45) is 17.8 Å². The lowest BCUT2D eigenvalue weighted by Crippen LogP contribution is -2.61. The van der Waals surface area contributed by atoms with Crippen molar-refractivity contribution in [3.8, 4) is 0 Å². The van der Waals surface area contributed by atoms with Crippen LogP contribution in [0.15, 0.2) is 11.8 Å². The second kappa shape index (κ2) is 9.90. The van der Waals surface area contributed by atoms with Crippen molar-refractivity contribution in [1.29, 1.82) is 0 Å². The molecule has 0 aromatic rings. The van der Waals surface area contributed by atoms with Crippen molar-refractivity contribution in [2.45, 2.75) is 82.3 Å². The Hall–Kier alpha value is -1.31. The summed E-state index contributed by atoms with van der Waals surface area (Å²) in [5.41, 5.74) is -1.07. The first-order valence-electron chi connectivity index (χ1n) is 10.8. The number of esters is 1. The quantitative estimate of drug-likeness (QED) is 0.240. The highest BCUT2D eigenvalue weighted by Gasteiger charge is 2.59. The van der Waals surface area contributed by atoms with E-state index in [1.807, 2.05) is 13.8 Å². The molecule has 2 aliphatic heterocycles. The van der Waals surface area contributed by atoms with E-state index < -0.39 is 67.1 Å². The van der Waals surface area contributed by atoms with Gasteiger partial charge >= 0.3 is 5.97 Å². The smallest absolute Gasteiger partial charge is 0.306 e. The molecule has 0 aromatic heterocycles. The van der Waals surface area contributed by atoms with Crippen LogP contribution in [0.4, 0.5) is 0 Å². The molecular weight excluding hydrogens is 428 g/mol. The van der Waals surface area contributed by atoms with E-state index in [9.17, 15) is 35.4 Å². The van der Waals surface area contributed by atoms with Crippen molar-refractivity contribution in [2.75, 3.05) is 13.2 Å². The highest BCUT2D eigenvalue weighted by Crippen LogP contribution is 2.49. The maximum atomic E-state index is 11.9. The van der Waals surface area contributed by atoms with E-state index in [0.717, 1.165) is 0 Å². The molecule has 0 amide bonds. The van der Waals surface area contributed by atoms with Gasteiger partial charge in [-0.2, -0.15) is 0 Å². The Morgan fingerprint density at radius 3 is 2.50 bits per heavy atom. The predicted molar refractivity (Wildman–Crippen MR) is 106 cm³/mol. The van der Waals surface area contributed by atoms with Crippen LogP contribution in [-0.2, 0) is 23.7 Å². The monoisotopic (exact) mass is 462 g/mol. The Bertz CT molecular complexity index is 691. The van der Waals surface area contributed by atoms with Gasteiger partial charge in [0.25, 0.3) is 0 Å². The number of ether oxygens (including phenoxy) is 4. The van der Waals surface area contributed by atoms with E-state index in [1.54, 1.807) is 0 Å². The second-order valence-electron chi connectivity index (χ2n) is 9.40. The molecule has 2 heterocycles. The van der Waals surface area contributed by atoms with Gasteiger partial charge in [0.1, 0.15) is 31.0 Å². The minimum absolute atomic E-state index is 0.0672. The first kappa shape index (κ1) is 25.3. The van der Waals surface area contributed by atoms with Crippen molar-refractivity contribution in [3.63, 3.8) is 0 Å². The topological polar surface area (TPSA) is 175 Å². The SMILES string of the molecule is CC(C)CC(=O)OCC1=COC(O[C@H]2O[C@H](CO)[C@@H](O)[C@H](O)[C@H]2O)C2C1C[C@H](O)C2(C)O. The molecular formula is C21H34O11. The molecule has 3 aliphatic rings. The lowest BCUT2D eigenvalue weighted by Gasteiger charge is -2.44. The maximum Gasteiger partial charge on any atom is 0.306 e. The minimum atomic E-state index is -1.64. The molecule has 1 saturated heterocycles. The van der Waals surface area contributed by atoms with E-state index in [4.69, 9.17) is 18.9 Å². The van der Waals surface area contributed by atoms with Gasteiger partial charge in [-0.15, -0.1) is 0 Å². The van der Waals surface area contributed by atoms with Crippen LogP contribution in [0.1, 0.15) is 33.6 Å². The largest absolute Gasteiger partial charge is 0.472 e. The van der Waals surface area contributed by atoms with Crippen molar-refractivity contribution < 1.29 is 54.4 Å². The Morgan fingerprint density at radius 1 is 1.19 bits per heavy atom. The average molecular weight is 462 g/mol. The van der Waals surface area contributed by atoms with Gasteiger partial charge in [-0.3, -0.25) is 4.79 Å². The molecule has 1 aliphatic carbocycles. The highest BCUT2D eigenvalue weighted by atomic mass is 16.8. The Morgan fingerprint density at radius 2 is 1.88 bits per heavy atom. The predicted octanol–water partition coefficient (Wildman–Crippen LogP) is -1.62. The molecule has 184 valence electrons. The van der Waals surface area contributed by atoms with Crippen LogP contribution >= 0.6 is 0 Å². The van der Waals surface area contributed by atoms with Crippen molar-refractivity contribution in [3.05, 3.63) is 11.8 Å². The van der Waals surface area contributed by atoms with Crippen LogP contribution < -0.4 is 0 Å². The number of aliphatic hydroxyl groups excluding tert-OH is 5. The van der Waals surface area contributed by atoms with E-state index in [2.05, 4.69) is 0 Å². The summed E-state index contributed by atoms with van der Waals surface area (Å²) in [5, 5.41) is 61.0. The van der Waals surface area contributed by atoms with Gasteiger partial charge < -0.3 is 49.6 Å². The molecule has 1 saturated carbocycles. The molecule has 0 bridgehead atoms. The van der Waals surface area contributed by atoms with Crippen molar-refractivity contribution >= 4 is 5.97 Å². The summed E-state index contributed by atoms with van der Waals surface area (Å²) >= 11 is 0. The number of carbonyl (C=O) groups is 1. The molecule has 6 N–H and O–H groups in total. The molecule has 10 atom stereocenters. The van der Waals surface area contributed by atoms with E-state index in [1.165, 1.54) is 13.2 Å². The van der Waals surface area contributed by atoms with Crippen LogP contribution in [0.2, 0.25) is 0 Å². The molecule has 0 aromatic carbocycles.